The van der Waals surface area contributed by atoms with E-state index < -0.39 is 12.2 Å². The number of rotatable bonds is 5. The average Bonchev–Trinajstić information content (AvgIpc) is 3.47. The van der Waals surface area contributed by atoms with E-state index in [4.69, 9.17) is 0 Å². The summed E-state index contributed by atoms with van der Waals surface area (Å²) in [4.78, 5) is 14.4. The highest BCUT2D eigenvalue weighted by atomic mass is 19.1. The summed E-state index contributed by atoms with van der Waals surface area (Å²) in [6.07, 6.45) is 0.768. The zero-order valence-electron chi connectivity index (χ0n) is 18.6. The highest BCUT2D eigenvalue weighted by Gasteiger charge is 2.32. The van der Waals surface area contributed by atoms with Gasteiger partial charge in [0.15, 0.2) is 0 Å². The van der Waals surface area contributed by atoms with Crippen LogP contribution in [0.1, 0.15) is 37.4 Å². The molecule has 5 rings (SSSR count). The van der Waals surface area contributed by atoms with Crippen molar-refractivity contribution in [2.45, 2.75) is 44.8 Å². The Balaban J connectivity index is 1.61. The van der Waals surface area contributed by atoms with Gasteiger partial charge in [0.25, 0.3) is 0 Å². The number of aliphatic hydroxyl groups excluding tert-OH is 2. The number of amides is 1. The number of hydrogen-bond donors (Lipinski definition) is 3. The van der Waals surface area contributed by atoms with Crippen LogP contribution in [0, 0.1) is 5.82 Å². The van der Waals surface area contributed by atoms with Gasteiger partial charge < -0.3 is 19.7 Å². The van der Waals surface area contributed by atoms with E-state index in [1.807, 2.05) is 0 Å². The fourth-order valence-corrected chi connectivity index (χ4v) is 4.91. The van der Waals surface area contributed by atoms with Crippen molar-refractivity contribution in [3.8, 4) is 5.69 Å². The van der Waals surface area contributed by atoms with E-state index in [1.54, 1.807) is 18.3 Å². The van der Waals surface area contributed by atoms with Crippen LogP contribution in [-0.2, 0) is 11.2 Å². The number of hydrogen-bond acceptors (Lipinski definition) is 4. The maximum Gasteiger partial charge on any atom is 0.223 e. The van der Waals surface area contributed by atoms with Gasteiger partial charge in [-0.1, -0.05) is 13.8 Å². The van der Waals surface area contributed by atoms with Gasteiger partial charge >= 0.3 is 0 Å². The molecule has 1 aliphatic rings. The average molecular weight is 451 g/mol. The van der Waals surface area contributed by atoms with Crippen molar-refractivity contribution in [2.75, 3.05) is 13.1 Å². The fourth-order valence-electron chi connectivity index (χ4n) is 4.91. The molecule has 172 valence electrons. The molecule has 2 aromatic carbocycles. The zero-order chi connectivity index (χ0) is 23.3. The second-order valence-corrected chi connectivity index (χ2v) is 9.09. The van der Waals surface area contributed by atoms with E-state index in [9.17, 15) is 19.4 Å². The largest absolute Gasteiger partial charge is 0.388 e. The van der Waals surface area contributed by atoms with E-state index in [0.717, 1.165) is 38.8 Å². The van der Waals surface area contributed by atoms with Crippen LogP contribution in [0.3, 0.4) is 0 Å². The predicted octanol–water partition coefficient (Wildman–Crippen LogP) is 3.27. The molecule has 3 heterocycles. The number of halogens is 1. The Kier molecular flexibility index (Phi) is 5.42. The molecular formula is C25H27FN4O3. The van der Waals surface area contributed by atoms with E-state index in [1.165, 1.54) is 17.0 Å². The maximum absolute atomic E-state index is 13.7. The topological polar surface area (TPSA) is 94.4 Å². The van der Waals surface area contributed by atoms with Gasteiger partial charge in [-0.25, -0.2) is 4.39 Å². The highest BCUT2D eigenvalue weighted by Crippen LogP contribution is 2.37. The summed E-state index contributed by atoms with van der Waals surface area (Å²) in [5, 5.41) is 28.8. The van der Waals surface area contributed by atoms with Crippen molar-refractivity contribution in [2.24, 2.45) is 0 Å². The number of β-amino-alcohol motifs (C(OH)–C–C–N with tert-alkyl or cyclic N) is 2. The number of likely N-dealkylation sites (tertiary alicyclic amines) is 1. The number of nitrogens with zero attached hydrogens (tertiary/aromatic N) is 3. The lowest BCUT2D eigenvalue weighted by atomic mass is 9.98. The first-order chi connectivity index (χ1) is 15.8. The van der Waals surface area contributed by atoms with Gasteiger partial charge in [-0.2, -0.15) is 5.10 Å². The third-order valence-electron chi connectivity index (χ3n) is 6.50. The summed E-state index contributed by atoms with van der Waals surface area (Å²) in [6.45, 7) is 4.53. The van der Waals surface area contributed by atoms with E-state index in [2.05, 4.69) is 40.7 Å². The van der Waals surface area contributed by atoms with Crippen LogP contribution in [0.15, 0.2) is 42.6 Å². The molecule has 1 aliphatic heterocycles. The summed E-state index contributed by atoms with van der Waals surface area (Å²) < 4.78 is 15.8. The lowest BCUT2D eigenvalue weighted by Gasteiger charge is -2.17. The molecule has 33 heavy (non-hydrogen) atoms. The number of aromatic nitrogens is 3. The number of carbonyl (C=O) groups excluding carboxylic acids is 1. The number of carbonyl (C=O) groups is 1. The van der Waals surface area contributed by atoms with Crippen molar-refractivity contribution in [3.63, 3.8) is 0 Å². The Bertz CT molecular complexity index is 1320. The molecule has 1 fully saturated rings. The van der Waals surface area contributed by atoms with Crippen molar-refractivity contribution in [3.05, 3.63) is 59.7 Å². The van der Waals surface area contributed by atoms with Crippen molar-refractivity contribution in [1.29, 1.82) is 0 Å². The van der Waals surface area contributed by atoms with Gasteiger partial charge in [-0.15, -0.1) is 0 Å². The molecule has 2 aromatic heterocycles. The fraction of sp³-hybridized carbons (Fsp3) is 0.360. The predicted molar refractivity (Wildman–Crippen MR) is 124 cm³/mol. The second kappa shape index (κ2) is 8.28. The lowest BCUT2D eigenvalue weighted by molar-refractivity contribution is -0.130. The van der Waals surface area contributed by atoms with E-state index in [-0.39, 0.29) is 37.2 Å². The normalized spacial score (nSPS) is 18.8. The van der Waals surface area contributed by atoms with Crippen molar-refractivity contribution in [1.82, 2.24) is 19.7 Å². The number of benzene rings is 2. The molecule has 2 atom stereocenters. The Morgan fingerprint density at radius 3 is 2.55 bits per heavy atom. The van der Waals surface area contributed by atoms with Gasteiger partial charge in [-0.3, -0.25) is 9.89 Å². The second-order valence-electron chi connectivity index (χ2n) is 9.09. The van der Waals surface area contributed by atoms with Crippen LogP contribution in [0.5, 0.6) is 0 Å². The van der Waals surface area contributed by atoms with E-state index in [0.29, 0.717) is 6.42 Å². The first kappa shape index (κ1) is 21.6. The quantitative estimate of drug-likeness (QED) is 0.435. The van der Waals surface area contributed by atoms with E-state index >= 15 is 0 Å². The summed E-state index contributed by atoms with van der Waals surface area (Å²) in [6, 6.07) is 10.6. The number of nitrogens with one attached hydrogen (secondary N) is 1. The summed E-state index contributed by atoms with van der Waals surface area (Å²) in [5.41, 5.74) is 4.89. The third kappa shape index (κ3) is 3.79. The minimum Gasteiger partial charge on any atom is -0.388 e. The summed E-state index contributed by atoms with van der Waals surface area (Å²) >= 11 is 0. The van der Waals surface area contributed by atoms with Crippen LogP contribution in [-0.4, -0.2) is 61.1 Å². The molecule has 0 radical (unpaired) electrons. The minimum atomic E-state index is -0.894. The van der Waals surface area contributed by atoms with Gasteiger partial charge in [0, 0.05) is 41.7 Å². The van der Waals surface area contributed by atoms with Crippen molar-refractivity contribution >= 4 is 27.7 Å². The summed E-state index contributed by atoms with van der Waals surface area (Å²) in [7, 11) is 0. The molecule has 0 spiro atoms. The molecule has 0 bridgehead atoms. The maximum atomic E-state index is 13.7. The summed E-state index contributed by atoms with van der Waals surface area (Å²) in [5.74, 6) is -0.232. The standard InChI is InChI=1S/C25H27FN4O3/c1-14(2)25-18(7-8-24(33)29-12-22(31)23(32)13-29)19-10-20-15(11-27-28-20)9-21(19)30(25)17-5-3-16(26)4-6-17/h3-6,9-11,14,22-23,31-32H,7-8,12-13H2,1-2H3,(H,27,28)/t22-,23-/m1/s1. The lowest BCUT2D eigenvalue weighted by Crippen LogP contribution is -2.30. The molecule has 0 unspecified atom stereocenters. The number of aryl methyl sites for hydroxylation is 1. The molecule has 4 aromatic rings. The molecular weight excluding hydrogens is 423 g/mol. The van der Waals surface area contributed by atoms with Crippen LogP contribution in [0.2, 0.25) is 0 Å². The highest BCUT2D eigenvalue weighted by molar-refractivity contribution is 5.99. The number of H-pyrrole nitrogens is 1. The molecule has 3 N–H and O–H groups in total. The van der Waals surface area contributed by atoms with Crippen molar-refractivity contribution < 1.29 is 19.4 Å². The van der Waals surface area contributed by atoms with Gasteiger partial charge in [-0.05, 0) is 54.3 Å². The molecule has 8 heteroatoms. The Morgan fingerprint density at radius 2 is 1.88 bits per heavy atom. The molecule has 7 nitrogen and oxygen atoms in total. The van der Waals surface area contributed by atoms with Crippen LogP contribution >= 0.6 is 0 Å². The molecule has 0 saturated carbocycles. The molecule has 1 saturated heterocycles. The van der Waals surface area contributed by atoms with Crippen LogP contribution in [0.25, 0.3) is 27.5 Å². The Morgan fingerprint density at radius 1 is 1.18 bits per heavy atom. The van der Waals surface area contributed by atoms with Gasteiger partial charge in [0.2, 0.25) is 5.91 Å². The first-order valence-electron chi connectivity index (χ1n) is 11.2. The smallest absolute Gasteiger partial charge is 0.223 e. The molecule has 0 aliphatic carbocycles. The van der Waals surface area contributed by atoms with Gasteiger partial charge in [0.1, 0.15) is 5.82 Å². The van der Waals surface area contributed by atoms with Crippen LogP contribution < -0.4 is 0 Å². The number of aromatic amines is 1. The Hall–Kier alpha value is -3.23. The third-order valence-corrected chi connectivity index (χ3v) is 6.50. The zero-order valence-corrected chi connectivity index (χ0v) is 18.6. The number of fused-ring (bicyclic) bond motifs is 2. The van der Waals surface area contributed by atoms with Crippen LogP contribution in [0.4, 0.5) is 4.39 Å². The Labute approximate surface area is 190 Å². The SMILES string of the molecule is CC(C)c1c(CCC(=O)N2C[C@@H](O)[C@H](O)C2)c2cc3[nH]ncc3cc2n1-c1ccc(F)cc1. The van der Waals surface area contributed by atoms with Gasteiger partial charge in [0.05, 0.1) is 29.4 Å². The molecule has 1 amide bonds. The first-order valence-corrected chi connectivity index (χ1v) is 11.2. The monoisotopic (exact) mass is 450 g/mol. The minimum absolute atomic E-state index is 0.0920. The number of aliphatic hydroxyl groups is 2.